The molecule has 0 aliphatic heterocycles. The highest BCUT2D eigenvalue weighted by Crippen LogP contribution is 2.43. The molecule has 3 fully saturated rings. The molecule has 1 unspecified atom stereocenters. The Morgan fingerprint density at radius 1 is 1.42 bits per heavy atom. The largest absolute Gasteiger partial charge is 0.300 e. The lowest BCUT2D eigenvalue weighted by molar-refractivity contribution is -0.139. The summed E-state index contributed by atoms with van der Waals surface area (Å²) >= 11 is 0. The summed E-state index contributed by atoms with van der Waals surface area (Å²) in [6.07, 6.45) is 3.86. The van der Waals surface area contributed by atoms with E-state index in [0.717, 1.165) is 19.3 Å². The molecule has 2 bridgehead atoms. The van der Waals surface area contributed by atoms with Gasteiger partial charge in [-0.3, -0.25) is 9.59 Å². The fraction of sp³-hybridized carbons (Fsp3) is 0.800. The second kappa shape index (κ2) is 2.68. The summed E-state index contributed by atoms with van der Waals surface area (Å²) in [5, 5.41) is 0. The van der Waals surface area contributed by atoms with Crippen LogP contribution < -0.4 is 0 Å². The van der Waals surface area contributed by atoms with Crippen molar-refractivity contribution < 1.29 is 9.59 Å². The third-order valence-electron chi connectivity index (χ3n) is 3.38. The van der Waals surface area contributed by atoms with E-state index in [1.54, 1.807) is 6.92 Å². The second-order valence-electron chi connectivity index (χ2n) is 4.17. The molecule has 2 nitrogen and oxygen atoms in total. The zero-order valence-electron chi connectivity index (χ0n) is 7.38. The first-order valence-electron chi connectivity index (χ1n) is 4.71. The predicted molar refractivity (Wildman–Crippen MR) is 44.6 cm³/mol. The highest BCUT2D eigenvalue weighted by atomic mass is 16.1. The quantitative estimate of drug-likeness (QED) is 0.592. The van der Waals surface area contributed by atoms with Gasteiger partial charge in [-0.15, -0.1) is 0 Å². The molecule has 0 N–H and O–H groups in total. The molecule has 3 atom stereocenters. The molecule has 0 aromatic rings. The molecule has 66 valence electrons. The number of ketones is 2. The topological polar surface area (TPSA) is 34.1 Å². The van der Waals surface area contributed by atoms with Gasteiger partial charge in [-0.1, -0.05) is 0 Å². The highest BCUT2D eigenvalue weighted by molar-refractivity contribution is 5.90. The first-order chi connectivity index (χ1) is 5.68. The van der Waals surface area contributed by atoms with Crippen LogP contribution in [0.5, 0.6) is 0 Å². The molecule has 0 saturated heterocycles. The molecule has 0 aromatic heterocycles. The number of hydrogen-bond acceptors (Lipinski definition) is 2. The Morgan fingerprint density at radius 2 is 2.17 bits per heavy atom. The standard InChI is InChI=1S/C10H14O2/c1-6(11)9-4-7-2-3-8(9)10(12)5-7/h7-9H,2-5H2,1H3/t7-,8+,9?/m0/s1. The number of Topliss-reactive ketones (excluding diaryl/α,β-unsaturated/α-hetero) is 2. The molecule has 2 heteroatoms. The third kappa shape index (κ3) is 1.10. The summed E-state index contributed by atoms with van der Waals surface area (Å²) in [6, 6.07) is 0. The maximum Gasteiger partial charge on any atom is 0.136 e. The van der Waals surface area contributed by atoms with Crippen molar-refractivity contribution in [3.05, 3.63) is 0 Å². The van der Waals surface area contributed by atoms with Gasteiger partial charge in [0.1, 0.15) is 11.6 Å². The Labute approximate surface area is 72.3 Å². The Hall–Kier alpha value is -0.660. The lowest BCUT2D eigenvalue weighted by Gasteiger charge is -2.39. The number of carbonyl (C=O) groups is 2. The average molecular weight is 166 g/mol. The maximum absolute atomic E-state index is 11.4. The first-order valence-corrected chi connectivity index (χ1v) is 4.71. The molecular formula is C10H14O2. The minimum absolute atomic E-state index is 0.0741. The fourth-order valence-corrected chi connectivity index (χ4v) is 2.71. The minimum Gasteiger partial charge on any atom is -0.300 e. The molecule has 0 heterocycles. The summed E-state index contributed by atoms with van der Waals surface area (Å²) in [5.74, 6) is 1.25. The van der Waals surface area contributed by atoms with E-state index in [9.17, 15) is 9.59 Å². The van der Waals surface area contributed by atoms with Crippen LogP contribution in [0.2, 0.25) is 0 Å². The van der Waals surface area contributed by atoms with Gasteiger partial charge in [0.05, 0.1) is 0 Å². The van der Waals surface area contributed by atoms with Crippen LogP contribution in [0, 0.1) is 17.8 Å². The molecule has 3 aliphatic carbocycles. The molecule has 12 heavy (non-hydrogen) atoms. The Bertz CT molecular complexity index is 232. The summed E-state index contributed by atoms with van der Waals surface area (Å²) in [6.45, 7) is 1.62. The lowest BCUT2D eigenvalue weighted by Crippen LogP contribution is -2.41. The number of rotatable bonds is 1. The van der Waals surface area contributed by atoms with Crippen molar-refractivity contribution in [1.29, 1.82) is 0 Å². The van der Waals surface area contributed by atoms with Gasteiger partial charge in [-0.2, -0.15) is 0 Å². The van der Waals surface area contributed by atoms with Gasteiger partial charge in [-0.05, 0) is 32.1 Å². The van der Waals surface area contributed by atoms with Crippen molar-refractivity contribution >= 4 is 11.6 Å². The van der Waals surface area contributed by atoms with Crippen molar-refractivity contribution in [2.45, 2.75) is 32.6 Å². The monoisotopic (exact) mass is 166 g/mol. The van der Waals surface area contributed by atoms with E-state index in [1.807, 2.05) is 0 Å². The van der Waals surface area contributed by atoms with Gasteiger partial charge in [0, 0.05) is 18.3 Å². The first kappa shape index (κ1) is 7.96. The van der Waals surface area contributed by atoms with Crippen LogP contribution >= 0.6 is 0 Å². The number of hydrogen-bond donors (Lipinski definition) is 0. The van der Waals surface area contributed by atoms with Crippen molar-refractivity contribution in [3.8, 4) is 0 Å². The zero-order chi connectivity index (χ0) is 8.72. The molecule has 3 saturated carbocycles. The van der Waals surface area contributed by atoms with Gasteiger partial charge in [-0.25, -0.2) is 0 Å². The van der Waals surface area contributed by atoms with E-state index >= 15 is 0 Å². The van der Waals surface area contributed by atoms with Crippen LogP contribution in [0.3, 0.4) is 0 Å². The van der Waals surface area contributed by atoms with Crippen LogP contribution in [0.1, 0.15) is 32.6 Å². The van der Waals surface area contributed by atoms with Crippen molar-refractivity contribution in [2.75, 3.05) is 0 Å². The van der Waals surface area contributed by atoms with E-state index in [2.05, 4.69) is 0 Å². The third-order valence-corrected chi connectivity index (χ3v) is 3.38. The van der Waals surface area contributed by atoms with Crippen LogP contribution in [-0.2, 0) is 9.59 Å². The Kier molecular flexibility index (Phi) is 1.78. The molecule has 0 spiro atoms. The molecule has 0 aromatic carbocycles. The SMILES string of the molecule is CC(=O)C1C[C@@H]2CC[C@H]1C(=O)C2. The number of carbonyl (C=O) groups excluding carboxylic acids is 2. The van der Waals surface area contributed by atoms with Crippen molar-refractivity contribution in [2.24, 2.45) is 17.8 Å². The minimum atomic E-state index is 0.0741. The fourth-order valence-electron chi connectivity index (χ4n) is 2.71. The normalized spacial score (nSPS) is 40.1. The van der Waals surface area contributed by atoms with E-state index in [4.69, 9.17) is 0 Å². The summed E-state index contributed by atoms with van der Waals surface area (Å²) in [7, 11) is 0. The van der Waals surface area contributed by atoms with Gasteiger partial charge in [0.25, 0.3) is 0 Å². The lowest BCUT2D eigenvalue weighted by atomic mass is 9.63. The van der Waals surface area contributed by atoms with Crippen molar-refractivity contribution in [3.63, 3.8) is 0 Å². The smallest absolute Gasteiger partial charge is 0.136 e. The van der Waals surface area contributed by atoms with Crippen molar-refractivity contribution in [1.82, 2.24) is 0 Å². The molecule has 0 radical (unpaired) electrons. The summed E-state index contributed by atoms with van der Waals surface area (Å²) in [5.41, 5.74) is 0. The van der Waals surface area contributed by atoms with Crippen LogP contribution in [-0.4, -0.2) is 11.6 Å². The molecule has 3 rings (SSSR count). The average Bonchev–Trinajstić information content (AvgIpc) is 2.04. The zero-order valence-corrected chi connectivity index (χ0v) is 7.38. The van der Waals surface area contributed by atoms with E-state index in [0.29, 0.717) is 11.7 Å². The Balaban J connectivity index is 2.19. The van der Waals surface area contributed by atoms with Gasteiger partial charge in [0.2, 0.25) is 0 Å². The summed E-state index contributed by atoms with van der Waals surface area (Å²) in [4.78, 5) is 22.6. The molecule has 3 aliphatic rings. The summed E-state index contributed by atoms with van der Waals surface area (Å²) < 4.78 is 0. The Morgan fingerprint density at radius 3 is 2.58 bits per heavy atom. The maximum atomic E-state index is 11.4. The van der Waals surface area contributed by atoms with Crippen LogP contribution in [0.25, 0.3) is 0 Å². The molecule has 0 amide bonds. The van der Waals surface area contributed by atoms with Gasteiger partial charge < -0.3 is 0 Å². The predicted octanol–water partition coefficient (Wildman–Crippen LogP) is 1.58. The van der Waals surface area contributed by atoms with Crippen LogP contribution in [0.4, 0.5) is 0 Å². The van der Waals surface area contributed by atoms with E-state index in [-0.39, 0.29) is 17.6 Å². The highest BCUT2D eigenvalue weighted by Gasteiger charge is 2.42. The van der Waals surface area contributed by atoms with Gasteiger partial charge >= 0.3 is 0 Å². The molecular weight excluding hydrogens is 152 g/mol. The van der Waals surface area contributed by atoms with Crippen LogP contribution in [0.15, 0.2) is 0 Å². The number of fused-ring (bicyclic) bond motifs is 3. The van der Waals surface area contributed by atoms with Gasteiger partial charge in [0.15, 0.2) is 0 Å². The van der Waals surface area contributed by atoms with E-state index < -0.39 is 0 Å². The van der Waals surface area contributed by atoms with E-state index in [1.165, 1.54) is 6.42 Å². The second-order valence-corrected chi connectivity index (χ2v) is 4.17.